The number of carboxylic acid groups (broad SMARTS) is 1. The van der Waals surface area contributed by atoms with Gasteiger partial charge in [0.1, 0.15) is 12.6 Å². The van der Waals surface area contributed by atoms with E-state index in [1.54, 1.807) is 30.5 Å². The van der Waals surface area contributed by atoms with Crippen molar-refractivity contribution < 1.29 is 43.3 Å². The Hall–Kier alpha value is -4.67. The molecule has 2 aromatic carbocycles. The number of hydrogen-bond acceptors (Lipinski definition) is 8. The number of carbonyl (C=O) groups is 5. The second-order valence-corrected chi connectivity index (χ2v) is 8.12. The zero-order valence-corrected chi connectivity index (χ0v) is 20.1. The first kappa shape index (κ1) is 26.9. The van der Waals surface area contributed by atoms with Crippen LogP contribution >= 0.6 is 0 Å². The fourth-order valence-corrected chi connectivity index (χ4v) is 3.65. The van der Waals surface area contributed by atoms with Gasteiger partial charge in [-0.15, -0.1) is 0 Å². The van der Waals surface area contributed by atoms with E-state index in [1.807, 2.05) is 30.3 Å². The quantitative estimate of drug-likeness (QED) is 0.258. The fraction of sp³-hybridized carbons (Fsp3) is 0.269. The number of rotatable bonds is 11. The van der Waals surface area contributed by atoms with Gasteiger partial charge in [0, 0.05) is 37.4 Å². The van der Waals surface area contributed by atoms with Gasteiger partial charge in [0.2, 0.25) is 12.2 Å². The number of H-pyrrole nitrogens is 1. The van der Waals surface area contributed by atoms with Crippen molar-refractivity contribution in [2.24, 2.45) is 0 Å². The van der Waals surface area contributed by atoms with Crippen LogP contribution in [0.15, 0.2) is 60.8 Å². The van der Waals surface area contributed by atoms with Crippen LogP contribution in [0.2, 0.25) is 0 Å². The molecule has 0 aliphatic heterocycles. The molecule has 3 aromatic rings. The molecule has 0 bridgehead atoms. The molecular formula is C26H26N2O9. The van der Waals surface area contributed by atoms with Crippen molar-refractivity contribution >= 4 is 40.7 Å². The van der Waals surface area contributed by atoms with Crippen LogP contribution in [0.4, 0.5) is 0 Å². The molecule has 0 saturated carbocycles. The highest BCUT2D eigenvalue weighted by Gasteiger charge is 2.41. The number of ether oxygens (including phenoxy) is 3. The van der Waals surface area contributed by atoms with Crippen molar-refractivity contribution in [3.8, 4) is 0 Å². The van der Waals surface area contributed by atoms with Crippen molar-refractivity contribution in [2.45, 2.75) is 45.1 Å². The number of nitrogens with one attached hydrogen (secondary N) is 2. The molecule has 37 heavy (non-hydrogen) atoms. The van der Waals surface area contributed by atoms with E-state index in [0.29, 0.717) is 11.1 Å². The molecular weight excluding hydrogens is 484 g/mol. The van der Waals surface area contributed by atoms with E-state index in [4.69, 9.17) is 14.2 Å². The van der Waals surface area contributed by atoms with Crippen LogP contribution in [0.5, 0.6) is 0 Å². The molecule has 0 radical (unpaired) electrons. The zero-order chi connectivity index (χ0) is 26.9. The lowest BCUT2D eigenvalue weighted by Gasteiger charge is -2.25. The number of hydrogen-bond donors (Lipinski definition) is 3. The highest BCUT2D eigenvalue weighted by atomic mass is 16.6. The summed E-state index contributed by atoms with van der Waals surface area (Å²) >= 11 is 0. The number of carboxylic acids is 1. The molecule has 1 amide bonds. The maximum atomic E-state index is 13.1. The third-order valence-corrected chi connectivity index (χ3v) is 5.29. The molecule has 0 unspecified atom stereocenters. The molecule has 11 nitrogen and oxygen atoms in total. The lowest BCUT2D eigenvalue weighted by molar-refractivity contribution is -0.181. The zero-order valence-electron chi connectivity index (χ0n) is 20.1. The van der Waals surface area contributed by atoms with Gasteiger partial charge in [0.25, 0.3) is 5.91 Å². The minimum absolute atomic E-state index is 0.0263. The summed E-state index contributed by atoms with van der Waals surface area (Å²) in [4.78, 5) is 64.0. The molecule has 3 N–H and O–H groups in total. The van der Waals surface area contributed by atoms with Gasteiger partial charge in [-0.25, -0.2) is 9.59 Å². The van der Waals surface area contributed by atoms with Crippen LogP contribution in [0.25, 0.3) is 10.9 Å². The summed E-state index contributed by atoms with van der Waals surface area (Å²) in [7, 11) is 0. The standard InChI is InChI=1S/C26H26N2O9/c1-15(29)36-22(23(25(32)33)37-16(2)30)24(31)28-21(26(34)35-14-17-8-4-3-5-9-17)12-18-13-27-20-11-7-6-10-19(18)20/h3-11,13,21-23,27H,12,14H2,1-2H3,(H,28,31)(H,32,33)/t21-,22+,23+/m0/s1. The molecule has 194 valence electrons. The van der Waals surface area contributed by atoms with Crippen molar-refractivity contribution in [2.75, 3.05) is 0 Å². The Morgan fingerprint density at radius 3 is 2.16 bits per heavy atom. The number of esters is 3. The summed E-state index contributed by atoms with van der Waals surface area (Å²) in [6, 6.07) is 14.9. The largest absolute Gasteiger partial charge is 0.478 e. The summed E-state index contributed by atoms with van der Waals surface area (Å²) in [5.41, 5.74) is 2.20. The Morgan fingerprint density at radius 2 is 1.51 bits per heavy atom. The van der Waals surface area contributed by atoms with Crippen LogP contribution in [-0.4, -0.2) is 58.1 Å². The van der Waals surface area contributed by atoms with Crippen LogP contribution in [0, 0.1) is 0 Å². The lowest BCUT2D eigenvalue weighted by Crippen LogP contribution is -2.54. The van der Waals surface area contributed by atoms with E-state index in [9.17, 15) is 29.1 Å². The van der Waals surface area contributed by atoms with Crippen molar-refractivity contribution in [3.05, 3.63) is 71.9 Å². The number of aliphatic carboxylic acids is 1. The van der Waals surface area contributed by atoms with Gasteiger partial charge < -0.3 is 29.6 Å². The minimum Gasteiger partial charge on any atom is -0.478 e. The Labute approximate surface area is 211 Å². The van der Waals surface area contributed by atoms with Gasteiger partial charge in [-0.1, -0.05) is 48.5 Å². The highest BCUT2D eigenvalue weighted by Crippen LogP contribution is 2.20. The molecule has 0 aliphatic rings. The van der Waals surface area contributed by atoms with Crippen LogP contribution < -0.4 is 5.32 Å². The van der Waals surface area contributed by atoms with Crippen LogP contribution in [0.1, 0.15) is 25.0 Å². The number of aromatic amines is 1. The minimum atomic E-state index is -2.13. The molecule has 1 heterocycles. The SMILES string of the molecule is CC(=O)O[C@@H](C(=O)O)[C@@H](OC(C)=O)C(=O)N[C@@H](Cc1c[nH]c2ccccc12)C(=O)OCc1ccccc1. The van der Waals surface area contributed by atoms with Gasteiger partial charge in [-0.05, 0) is 17.2 Å². The van der Waals surface area contributed by atoms with Crippen molar-refractivity contribution in [3.63, 3.8) is 0 Å². The molecule has 0 spiro atoms. The van der Waals surface area contributed by atoms with Gasteiger partial charge in [-0.2, -0.15) is 0 Å². The highest BCUT2D eigenvalue weighted by molar-refractivity contribution is 5.93. The summed E-state index contributed by atoms with van der Waals surface area (Å²) < 4.78 is 15.0. The molecule has 0 fully saturated rings. The van der Waals surface area contributed by atoms with Crippen LogP contribution in [-0.2, 0) is 51.2 Å². The summed E-state index contributed by atoms with van der Waals surface area (Å²) in [6.45, 7) is 1.84. The lowest BCUT2D eigenvalue weighted by atomic mass is 10.0. The smallest absolute Gasteiger partial charge is 0.349 e. The maximum absolute atomic E-state index is 13.1. The van der Waals surface area contributed by atoms with Crippen LogP contribution in [0.3, 0.4) is 0 Å². The normalized spacial score (nSPS) is 13.1. The number of aromatic nitrogens is 1. The summed E-state index contributed by atoms with van der Waals surface area (Å²) in [6.07, 6.45) is -2.53. The fourth-order valence-electron chi connectivity index (χ4n) is 3.65. The topological polar surface area (TPSA) is 161 Å². The molecule has 0 saturated heterocycles. The number of fused-ring (bicyclic) bond motifs is 1. The maximum Gasteiger partial charge on any atom is 0.349 e. The third-order valence-electron chi connectivity index (χ3n) is 5.29. The number of amides is 1. The van der Waals surface area contributed by atoms with Gasteiger partial charge in [0.05, 0.1) is 0 Å². The second-order valence-electron chi connectivity index (χ2n) is 8.12. The molecule has 11 heteroatoms. The predicted molar refractivity (Wildman–Crippen MR) is 129 cm³/mol. The molecule has 1 aromatic heterocycles. The third kappa shape index (κ3) is 7.40. The first-order valence-electron chi connectivity index (χ1n) is 11.3. The number of para-hydroxylation sites is 1. The Bertz CT molecular complexity index is 1290. The van der Waals surface area contributed by atoms with E-state index in [1.165, 1.54) is 0 Å². The van der Waals surface area contributed by atoms with Gasteiger partial charge in [-0.3, -0.25) is 14.4 Å². The average molecular weight is 510 g/mol. The van der Waals surface area contributed by atoms with Crippen molar-refractivity contribution in [1.82, 2.24) is 10.3 Å². The van der Waals surface area contributed by atoms with E-state index in [2.05, 4.69) is 10.3 Å². The Kier molecular flexibility index (Phi) is 8.98. The molecule has 3 rings (SSSR count). The van der Waals surface area contributed by atoms with Crippen molar-refractivity contribution in [1.29, 1.82) is 0 Å². The van der Waals surface area contributed by atoms with E-state index < -0.39 is 48.0 Å². The first-order chi connectivity index (χ1) is 17.7. The van der Waals surface area contributed by atoms with E-state index >= 15 is 0 Å². The monoisotopic (exact) mass is 510 g/mol. The number of carbonyl (C=O) groups excluding carboxylic acids is 4. The van der Waals surface area contributed by atoms with Gasteiger partial charge >= 0.3 is 23.9 Å². The number of benzene rings is 2. The van der Waals surface area contributed by atoms with E-state index in [-0.39, 0.29) is 13.0 Å². The Morgan fingerprint density at radius 1 is 0.892 bits per heavy atom. The second kappa shape index (κ2) is 12.3. The first-order valence-corrected chi connectivity index (χ1v) is 11.3. The van der Waals surface area contributed by atoms with E-state index in [0.717, 1.165) is 24.8 Å². The predicted octanol–water partition coefficient (Wildman–Crippen LogP) is 1.89. The van der Waals surface area contributed by atoms with Gasteiger partial charge in [0.15, 0.2) is 0 Å². The average Bonchev–Trinajstić information content (AvgIpc) is 3.27. The molecule has 3 atom stereocenters. The molecule has 0 aliphatic carbocycles. The summed E-state index contributed by atoms with van der Waals surface area (Å²) in [5.74, 6) is -5.65. The summed E-state index contributed by atoms with van der Waals surface area (Å²) in [5, 5.41) is 12.7. The Balaban J connectivity index is 1.87.